The zero-order valence-corrected chi connectivity index (χ0v) is 11.7. The Morgan fingerprint density at radius 3 is 2.65 bits per heavy atom. The van der Waals surface area contributed by atoms with E-state index in [9.17, 15) is 4.21 Å². The quantitative estimate of drug-likeness (QED) is 0.816. The lowest BCUT2D eigenvalue weighted by atomic mass is 10.2. The van der Waals surface area contributed by atoms with E-state index in [-0.39, 0.29) is 6.79 Å². The van der Waals surface area contributed by atoms with E-state index in [0.29, 0.717) is 10.6 Å². The van der Waals surface area contributed by atoms with Crippen LogP contribution in [0.25, 0.3) is 0 Å². The van der Waals surface area contributed by atoms with Crippen molar-refractivity contribution in [2.75, 3.05) is 6.79 Å². The summed E-state index contributed by atoms with van der Waals surface area (Å²) in [5.41, 5.74) is 1.96. The molecule has 0 saturated carbocycles. The third kappa shape index (κ3) is 2.72. The zero-order chi connectivity index (χ0) is 13.9. The summed E-state index contributed by atoms with van der Waals surface area (Å²) >= 11 is 0. The van der Waals surface area contributed by atoms with Crippen LogP contribution in [-0.4, -0.2) is 17.2 Å². The van der Waals surface area contributed by atoms with Crippen molar-refractivity contribution in [2.24, 2.45) is 4.40 Å². The standard InChI is InChI=1S/C15H13NO3S/c1-11-2-5-13(6-3-11)20(17)16-9-12-4-7-14-15(8-12)19-10-18-14/h2-9H,10H2,1H3/b16-9+. The van der Waals surface area contributed by atoms with Crippen LogP contribution in [-0.2, 0) is 11.0 Å². The second-order valence-electron chi connectivity index (χ2n) is 4.41. The highest BCUT2D eigenvalue weighted by molar-refractivity contribution is 7.83. The van der Waals surface area contributed by atoms with E-state index in [1.807, 2.05) is 49.4 Å². The third-order valence-electron chi connectivity index (χ3n) is 2.92. The summed E-state index contributed by atoms with van der Waals surface area (Å²) in [7, 11) is -1.39. The first-order chi connectivity index (χ1) is 9.72. The number of fused-ring (bicyclic) bond motifs is 1. The number of hydrogen-bond donors (Lipinski definition) is 0. The van der Waals surface area contributed by atoms with Crippen LogP contribution >= 0.6 is 0 Å². The second kappa shape index (κ2) is 5.46. The van der Waals surface area contributed by atoms with Gasteiger partial charge in [0.25, 0.3) is 0 Å². The van der Waals surface area contributed by atoms with Crippen LogP contribution in [0.4, 0.5) is 0 Å². The molecular weight excluding hydrogens is 274 g/mol. The Morgan fingerprint density at radius 2 is 1.85 bits per heavy atom. The smallest absolute Gasteiger partial charge is 0.231 e. The molecule has 0 spiro atoms. The van der Waals surface area contributed by atoms with Gasteiger partial charge in [-0.3, -0.25) is 0 Å². The predicted molar refractivity (Wildman–Crippen MR) is 77.7 cm³/mol. The van der Waals surface area contributed by atoms with Gasteiger partial charge in [0, 0.05) is 6.21 Å². The Morgan fingerprint density at radius 1 is 1.10 bits per heavy atom. The third-order valence-corrected chi connectivity index (χ3v) is 3.89. The maximum absolute atomic E-state index is 12.0. The van der Waals surface area contributed by atoms with Crippen LogP contribution in [0.15, 0.2) is 51.8 Å². The van der Waals surface area contributed by atoms with Crippen LogP contribution < -0.4 is 9.47 Å². The molecule has 0 aromatic heterocycles. The first-order valence-corrected chi connectivity index (χ1v) is 7.25. The fourth-order valence-corrected chi connectivity index (χ4v) is 2.53. The predicted octanol–water partition coefficient (Wildman–Crippen LogP) is 2.87. The molecule has 1 atom stereocenters. The molecule has 0 N–H and O–H groups in total. The van der Waals surface area contributed by atoms with Crippen molar-refractivity contribution in [3.05, 3.63) is 53.6 Å². The van der Waals surface area contributed by atoms with Gasteiger partial charge in [-0.1, -0.05) is 17.7 Å². The van der Waals surface area contributed by atoms with Crippen molar-refractivity contribution in [1.82, 2.24) is 0 Å². The van der Waals surface area contributed by atoms with Crippen LogP contribution in [0.1, 0.15) is 11.1 Å². The Hall–Kier alpha value is -2.14. The molecule has 1 aliphatic rings. The Kier molecular flexibility index (Phi) is 3.52. The number of ether oxygens (including phenoxy) is 2. The molecule has 2 aromatic rings. The average molecular weight is 287 g/mol. The summed E-state index contributed by atoms with van der Waals surface area (Å²) in [5.74, 6) is 1.41. The highest BCUT2D eigenvalue weighted by atomic mass is 32.2. The molecule has 1 unspecified atom stereocenters. The molecule has 0 saturated heterocycles. The Bertz CT molecular complexity index is 680. The molecule has 0 amide bonds. The van der Waals surface area contributed by atoms with Gasteiger partial charge in [-0.05, 0) is 42.8 Å². The summed E-state index contributed by atoms with van der Waals surface area (Å²) < 4.78 is 26.6. The zero-order valence-electron chi connectivity index (χ0n) is 10.9. The SMILES string of the molecule is Cc1ccc(S(=O)/N=C/c2ccc3c(c2)OCO3)cc1. The van der Waals surface area contributed by atoms with Gasteiger partial charge >= 0.3 is 0 Å². The summed E-state index contributed by atoms with van der Waals surface area (Å²) in [6, 6.07) is 13.0. The van der Waals surface area contributed by atoms with Gasteiger partial charge in [-0.25, -0.2) is 4.21 Å². The van der Waals surface area contributed by atoms with Gasteiger partial charge in [-0.15, -0.1) is 0 Å². The van der Waals surface area contributed by atoms with Crippen molar-refractivity contribution < 1.29 is 13.7 Å². The number of hydrogen-bond acceptors (Lipinski definition) is 3. The number of nitrogens with zero attached hydrogens (tertiary/aromatic N) is 1. The highest BCUT2D eigenvalue weighted by Gasteiger charge is 2.12. The van der Waals surface area contributed by atoms with Crippen LogP contribution in [0.3, 0.4) is 0 Å². The van der Waals surface area contributed by atoms with Crippen molar-refractivity contribution >= 4 is 17.2 Å². The lowest BCUT2D eigenvalue weighted by Crippen LogP contribution is -1.93. The topological polar surface area (TPSA) is 47.9 Å². The fraction of sp³-hybridized carbons (Fsp3) is 0.133. The molecule has 0 aliphatic carbocycles. The first-order valence-electron chi connectivity index (χ1n) is 6.15. The molecule has 3 rings (SSSR count). The maximum Gasteiger partial charge on any atom is 0.231 e. The van der Waals surface area contributed by atoms with E-state index in [0.717, 1.165) is 16.9 Å². The molecule has 102 valence electrons. The summed E-state index contributed by atoms with van der Waals surface area (Å²) in [6.45, 7) is 2.23. The van der Waals surface area contributed by atoms with Crippen molar-refractivity contribution in [3.8, 4) is 11.5 Å². The van der Waals surface area contributed by atoms with Gasteiger partial charge < -0.3 is 9.47 Å². The molecule has 0 radical (unpaired) electrons. The largest absolute Gasteiger partial charge is 0.454 e. The van der Waals surface area contributed by atoms with E-state index in [1.165, 1.54) is 0 Å². The van der Waals surface area contributed by atoms with Gasteiger partial charge in [0.2, 0.25) is 6.79 Å². The molecule has 5 heteroatoms. The van der Waals surface area contributed by atoms with Crippen molar-refractivity contribution in [1.29, 1.82) is 0 Å². The molecule has 2 aromatic carbocycles. The summed E-state index contributed by atoms with van der Waals surface area (Å²) in [4.78, 5) is 0.688. The highest BCUT2D eigenvalue weighted by Crippen LogP contribution is 2.32. The van der Waals surface area contributed by atoms with E-state index < -0.39 is 11.0 Å². The van der Waals surface area contributed by atoms with E-state index in [1.54, 1.807) is 6.21 Å². The van der Waals surface area contributed by atoms with Gasteiger partial charge in [-0.2, -0.15) is 4.40 Å². The second-order valence-corrected chi connectivity index (χ2v) is 5.59. The number of aryl methyl sites for hydroxylation is 1. The van der Waals surface area contributed by atoms with Gasteiger partial charge in [0.15, 0.2) is 22.5 Å². The summed E-state index contributed by atoms with van der Waals surface area (Å²) in [5, 5.41) is 0. The fourth-order valence-electron chi connectivity index (χ4n) is 1.82. The minimum Gasteiger partial charge on any atom is -0.454 e. The van der Waals surface area contributed by atoms with Crippen molar-refractivity contribution in [2.45, 2.75) is 11.8 Å². The molecular formula is C15H13NO3S. The molecule has 1 heterocycles. The molecule has 4 nitrogen and oxygen atoms in total. The van der Waals surface area contributed by atoms with Crippen molar-refractivity contribution in [3.63, 3.8) is 0 Å². The minimum atomic E-state index is -1.39. The van der Waals surface area contributed by atoms with Crippen LogP contribution in [0.5, 0.6) is 11.5 Å². The lowest BCUT2D eigenvalue weighted by molar-refractivity contribution is 0.174. The molecule has 20 heavy (non-hydrogen) atoms. The Labute approximate surface area is 119 Å². The van der Waals surface area contributed by atoms with Gasteiger partial charge in [0.05, 0.1) is 4.90 Å². The average Bonchev–Trinajstić information content (AvgIpc) is 2.93. The molecule has 0 fully saturated rings. The van der Waals surface area contributed by atoms with E-state index in [2.05, 4.69) is 4.40 Å². The van der Waals surface area contributed by atoms with E-state index in [4.69, 9.17) is 9.47 Å². The first kappa shape index (κ1) is 12.9. The Balaban J connectivity index is 1.76. The number of benzene rings is 2. The summed E-state index contributed by atoms with van der Waals surface area (Å²) in [6.07, 6.45) is 1.58. The maximum atomic E-state index is 12.0. The number of rotatable bonds is 3. The lowest BCUT2D eigenvalue weighted by Gasteiger charge is -1.98. The molecule has 0 bridgehead atoms. The normalized spacial score (nSPS) is 14.7. The monoisotopic (exact) mass is 287 g/mol. The van der Waals surface area contributed by atoms with Crippen LogP contribution in [0.2, 0.25) is 0 Å². The van der Waals surface area contributed by atoms with E-state index >= 15 is 0 Å². The minimum absolute atomic E-state index is 0.241. The van der Waals surface area contributed by atoms with Gasteiger partial charge in [0.1, 0.15) is 0 Å². The van der Waals surface area contributed by atoms with Crippen LogP contribution in [0, 0.1) is 6.92 Å². The molecule has 1 aliphatic heterocycles.